The van der Waals surface area contributed by atoms with E-state index in [1.54, 1.807) is 77.9 Å². The van der Waals surface area contributed by atoms with Gasteiger partial charge in [0.1, 0.15) is 17.0 Å². The minimum atomic E-state index is -2.81. The number of para-hydroxylation sites is 1. The van der Waals surface area contributed by atoms with Crippen molar-refractivity contribution in [3.05, 3.63) is 66.0 Å². The van der Waals surface area contributed by atoms with Gasteiger partial charge in [-0.3, -0.25) is 14.7 Å². The second-order valence-corrected chi connectivity index (χ2v) is 13.2. The van der Waals surface area contributed by atoms with Gasteiger partial charge in [-0.25, -0.2) is 19.6 Å². The molecule has 0 aliphatic carbocycles. The molecule has 4 aromatic rings. The van der Waals surface area contributed by atoms with Gasteiger partial charge in [0.05, 0.1) is 16.6 Å². The van der Waals surface area contributed by atoms with Gasteiger partial charge in [0.25, 0.3) is 5.91 Å². The number of fused-ring (bicyclic) bond motifs is 1. The first kappa shape index (κ1) is 35.1. The normalized spacial score (nSPS) is 12.6. The van der Waals surface area contributed by atoms with E-state index in [9.17, 15) is 23.2 Å². The molecule has 0 aliphatic rings. The number of carbonyl (C=O) groups is 3. The van der Waals surface area contributed by atoms with Gasteiger partial charge in [-0.15, -0.1) is 0 Å². The summed E-state index contributed by atoms with van der Waals surface area (Å²) >= 11 is 0. The molecule has 252 valence electrons. The van der Waals surface area contributed by atoms with Crippen molar-refractivity contribution in [2.24, 2.45) is 0 Å². The highest BCUT2D eigenvalue weighted by Gasteiger charge is 2.25. The monoisotopic (exact) mass is 652 g/mol. The number of carbonyl (C=O) groups excluding carboxylic acids is 3. The predicted octanol–water partition coefficient (Wildman–Crippen LogP) is 7.76. The highest BCUT2D eigenvalue weighted by atomic mass is 19.3. The lowest BCUT2D eigenvalue weighted by atomic mass is 10.1. The molecule has 2 heterocycles. The van der Waals surface area contributed by atoms with Crippen molar-refractivity contribution in [2.45, 2.75) is 91.5 Å². The zero-order chi connectivity index (χ0) is 34.5. The summed E-state index contributed by atoms with van der Waals surface area (Å²) in [5.74, 6) is -0.817. The number of ether oxygens (including phenoxy) is 2. The Bertz CT molecular complexity index is 1730. The molecule has 2 amide bonds. The van der Waals surface area contributed by atoms with Crippen LogP contribution >= 0.6 is 0 Å². The first-order valence-electron chi connectivity index (χ1n) is 15.5. The molecule has 0 saturated carbocycles. The quantitative estimate of drug-likeness (QED) is 0.125. The maximum absolute atomic E-state index is 13.9. The van der Waals surface area contributed by atoms with Gasteiger partial charge in [-0.2, -0.15) is 8.78 Å². The van der Waals surface area contributed by atoms with Crippen LogP contribution in [0.25, 0.3) is 22.4 Å². The fourth-order valence-corrected chi connectivity index (χ4v) is 5.02. The number of alkyl halides is 2. The van der Waals surface area contributed by atoms with E-state index >= 15 is 0 Å². The van der Waals surface area contributed by atoms with E-state index in [1.165, 1.54) is 18.5 Å². The predicted molar refractivity (Wildman–Crippen MR) is 175 cm³/mol. The van der Waals surface area contributed by atoms with Gasteiger partial charge in [0.2, 0.25) is 5.95 Å². The molecule has 11 nitrogen and oxygen atoms in total. The lowest BCUT2D eigenvalue weighted by Crippen LogP contribution is -2.33. The number of benzene rings is 2. The van der Waals surface area contributed by atoms with Crippen molar-refractivity contribution >= 4 is 35.0 Å². The van der Waals surface area contributed by atoms with Gasteiger partial charge >= 0.3 is 18.6 Å². The summed E-state index contributed by atoms with van der Waals surface area (Å²) in [4.78, 5) is 47.2. The molecule has 1 unspecified atom stereocenters. The van der Waals surface area contributed by atoms with Gasteiger partial charge in [-0.1, -0.05) is 12.1 Å². The third kappa shape index (κ3) is 9.14. The number of nitrogens with one attached hydrogen (secondary N) is 2. The van der Waals surface area contributed by atoms with Crippen molar-refractivity contribution in [1.29, 1.82) is 0 Å². The second kappa shape index (κ2) is 14.3. The number of alkyl carbamates (subject to hydrolysis) is 1. The van der Waals surface area contributed by atoms with Crippen LogP contribution < -0.4 is 10.6 Å². The summed E-state index contributed by atoms with van der Waals surface area (Å²) in [6.07, 6.45) is 3.97. The Labute approximate surface area is 272 Å². The Morgan fingerprint density at radius 1 is 0.936 bits per heavy atom. The van der Waals surface area contributed by atoms with Crippen LogP contribution in [0.5, 0.6) is 0 Å². The number of aromatic nitrogens is 4. The van der Waals surface area contributed by atoms with Crippen LogP contribution in [-0.2, 0) is 9.47 Å². The molecule has 47 heavy (non-hydrogen) atoms. The number of halogens is 2. The van der Waals surface area contributed by atoms with Crippen molar-refractivity contribution in [3.63, 3.8) is 0 Å². The van der Waals surface area contributed by atoms with E-state index in [-0.39, 0.29) is 28.9 Å². The van der Waals surface area contributed by atoms with E-state index in [0.29, 0.717) is 42.4 Å². The maximum atomic E-state index is 13.9. The summed E-state index contributed by atoms with van der Waals surface area (Å²) in [6.45, 7) is 10.2. The molecule has 1 atom stereocenters. The van der Waals surface area contributed by atoms with Crippen LogP contribution in [-0.4, -0.2) is 54.8 Å². The molecule has 2 aromatic heterocycles. The number of imidazole rings is 2. The standard InChI is InChI=1S/C34H42F2N6O5/c1-21(12-8-9-17-38-32(45)47-34(5,6)7)42-26-24(27-37-18-19-41(27)30(35)36)15-11-16-25(26)39-31(42)40-28(43)22-13-10-14-23(20-22)29(44)46-33(2,3)4/h10-11,13-16,18-21,30H,8-9,12,17H2,1-7H3,(H,38,45)(H,39,40,43). The molecule has 4 rings (SSSR count). The highest BCUT2D eigenvalue weighted by molar-refractivity contribution is 6.06. The number of anilines is 1. The minimum absolute atomic E-state index is 0.0587. The molecule has 0 spiro atoms. The Morgan fingerprint density at radius 3 is 2.30 bits per heavy atom. The molecule has 2 N–H and O–H groups in total. The van der Waals surface area contributed by atoms with Crippen molar-refractivity contribution in [2.75, 3.05) is 11.9 Å². The number of nitrogens with zero attached hydrogens (tertiary/aromatic N) is 4. The number of hydrogen-bond donors (Lipinski definition) is 2. The number of rotatable bonds is 11. The zero-order valence-corrected chi connectivity index (χ0v) is 27.8. The fraction of sp³-hybridized carbons (Fsp3) is 0.441. The number of hydrogen-bond acceptors (Lipinski definition) is 7. The molecular weight excluding hydrogens is 610 g/mol. The second-order valence-electron chi connectivity index (χ2n) is 13.2. The van der Waals surface area contributed by atoms with Crippen LogP contribution in [0.15, 0.2) is 54.9 Å². The Kier molecular flexibility index (Phi) is 10.7. The molecular formula is C34H42F2N6O5. The molecule has 0 saturated heterocycles. The van der Waals surface area contributed by atoms with Crippen LogP contribution in [0.2, 0.25) is 0 Å². The highest BCUT2D eigenvalue weighted by Crippen LogP contribution is 2.35. The molecule has 0 aliphatic heterocycles. The molecule has 2 aromatic carbocycles. The Hall–Kier alpha value is -4.81. The third-order valence-corrected chi connectivity index (χ3v) is 6.97. The van der Waals surface area contributed by atoms with Crippen molar-refractivity contribution < 1.29 is 32.6 Å². The molecule has 0 radical (unpaired) electrons. The molecule has 0 fully saturated rings. The summed E-state index contributed by atoms with van der Waals surface area (Å²) in [7, 11) is 0. The summed E-state index contributed by atoms with van der Waals surface area (Å²) in [5.41, 5.74) is 0.539. The van der Waals surface area contributed by atoms with Crippen molar-refractivity contribution in [1.82, 2.24) is 24.4 Å². The van der Waals surface area contributed by atoms with Crippen LogP contribution in [0.3, 0.4) is 0 Å². The van der Waals surface area contributed by atoms with Gasteiger partial charge < -0.3 is 19.4 Å². The van der Waals surface area contributed by atoms with Crippen LogP contribution in [0, 0.1) is 0 Å². The van der Waals surface area contributed by atoms with Gasteiger partial charge in [0.15, 0.2) is 0 Å². The van der Waals surface area contributed by atoms with E-state index in [4.69, 9.17) is 14.5 Å². The van der Waals surface area contributed by atoms with Crippen molar-refractivity contribution in [3.8, 4) is 11.4 Å². The molecule has 13 heteroatoms. The SMILES string of the molecule is CC(CCCCNC(=O)OC(C)(C)C)n1c(NC(=O)c2cccc(C(=O)OC(C)(C)C)c2)nc2cccc(-c3nccn3C(F)F)c21. The first-order chi connectivity index (χ1) is 22.0. The van der Waals surface area contributed by atoms with E-state index < -0.39 is 35.7 Å². The fourth-order valence-electron chi connectivity index (χ4n) is 5.02. The van der Waals surface area contributed by atoms with Gasteiger partial charge in [-0.05, 0) is 98.1 Å². The molecule has 0 bridgehead atoms. The zero-order valence-electron chi connectivity index (χ0n) is 27.8. The van der Waals surface area contributed by atoms with E-state index in [2.05, 4.69) is 15.6 Å². The Morgan fingerprint density at radius 2 is 1.62 bits per heavy atom. The summed E-state index contributed by atoms with van der Waals surface area (Å²) in [5, 5.41) is 5.62. The summed E-state index contributed by atoms with van der Waals surface area (Å²) in [6, 6.07) is 11.0. The topological polar surface area (TPSA) is 129 Å². The lowest BCUT2D eigenvalue weighted by molar-refractivity contribution is 0.00690. The largest absolute Gasteiger partial charge is 0.456 e. The van der Waals surface area contributed by atoms with E-state index in [0.717, 1.165) is 4.57 Å². The Balaban J connectivity index is 1.64. The average Bonchev–Trinajstić information content (AvgIpc) is 3.60. The first-order valence-corrected chi connectivity index (χ1v) is 15.5. The van der Waals surface area contributed by atoms with Gasteiger partial charge in [0, 0.05) is 36.1 Å². The lowest BCUT2D eigenvalue weighted by Gasteiger charge is -2.21. The van der Waals surface area contributed by atoms with Crippen LogP contribution in [0.4, 0.5) is 19.5 Å². The number of amides is 2. The number of unbranched alkanes of at least 4 members (excludes halogenated alkanes) is 1. The van der Waals surface area contributed by atoms with E-state index in [1.807, 2.05) is 11.5 Å². The smallest absolute Gasteiger partial charge is 0.407 e. The minimum Gasteiger partial charge on any atom is -0.456 e. The maximum Gasteiger partial charge on any atom is 0.407 e. The van der Waals surface area contributed by atoms with Crippen LogP contribution in [0.1, 0.15) is 101 Å². The number of esters is 1. The third-order valence-electron chi connectivity index (χ3n) is 6.97. The summed E-state index contributed by atoms with van der Waals surface area (Å²) < 4.78 is 41.1. The average molecular weight is 653 g/mol.